The predicted molar refractivity (Wildman–Crippen MR) is 37.5 cm³/mol. The molecule has 4 heteroatoms. The Morgan fingerprint density at radius 2 is 2.36 bits per heavy atom. The molecule has 0 aliphatic heterocycles. The van der Waals surface area contributed by atoms with Gasteiger partial charge in [-0.15, -0.1) is 0 Å². The number of nitrogens with two attached hydrogens (primary N) is 1. The van der Waals surface area contributed by atoms with Crippen LogP contribution in [0.5, 0.6) is 0 Å². The van der Waals surface area contributed by atoms with Gasteiger partial charge in [0.15, 0.2) is 0 Å². The van der Waals surface area contributed by atoms with Gasteiger partial charge in [-0.2, -0.15) is 5.26 Å². The number of carbonyl (C=O) groups is 1. The van der Waals surface area contributed by atoms with Crippen LogP contribution in [0.3, 0.4) is 0 Å². The van der Waals surface area contributed by atoms with Crippen LogP contribution in [0.1, 0.15) is 19.3 Å². The number of rotatable bonds is 3. The number of carboxylic acid groups (broad SMARTS) is 1. The number of hydrogen-bond donors (Lipinski definition) is 2. The second kappa shape index (κ2) is 2.51. The van der Waals surface area contributed by atoms with Crippen molar-refractivity contribution in [2.75, 3.05) is 0 Å². The molecule has 0 amide bonds. The van der Waals surface area contributed by atoms with Gasteiger partial charge in [-0.1, -0.05) is 0 Å². The van der Waals surface area contributed by atoms with E-state index in [0.717, 1.165) is 12.8 Å². The molecule has 0 aromatic rings. The van der Waals surface area contributed by atoms with Crippen LogP contribution in [-0.4, -0.2) is 17.1 Å². The highest BCUT2D eigenvalue weighted by Gasteiger charge is 2.45. The Balaban J connectivity index is 2.43. The minimum absolute atomic E-state index is 0.291. The van der Waals surface area contributed by atoms with Crippen LogP contribution in [0.15, 0.2) is 0 Å². The zero-order chi connectivity index (χ0) is 8.48. The van der Waals surface area contributed by atoms with Crippen LogP contribution in [0.2, 0.25) is 0 Å². The van der Waals surface area contributed by atoms with Gasteiger partial charge in [0.05, 0.1) is 11.5 Å². The van der Waals surface area contributed by atoms with Crippen LogP contribution < -0.4 is 5.73 Å². The number of hydrogen-bond acceptors (Lipinski definition) is 3. The van der Waals surface area contributed by atoms with E-state index in [-0.39, 0.29) is 0 Å². The van der Waals surface area contributed by atoms with Crippen LogP contribution in [-0.2, 0) is 4.79 Å². The third-order valence-corrected chi connectivity index (χ3v) is 2.02. The summed E-state index contributed by atoms with van der Waals surface area (Å²) >= 11 is 0. The van der Waals surface area contributed by atoms with Crippen molar-refractivity contribution in [1.29, 1.82) is 5.26 Å². The Morgan fingerprint density at radius 1 is 1.82 bits per heavy atom. The summed E-state index contributed by atoms with van der Waals surface area (Å²) in [6, 6.07) is 1.22. The fraction of sp³-hybridized carbons (Fsp3) is 0.714. The molecule has 0 bridgehead atoms. The highest BCUT2D eigenvalue weighted by molar-refractivity contribution is 5.73. The van der Waals surface area contributed by atoms with Crippen molar-refractivity contribution in [3.8, 4) is 6.07 Å². The average molecular weight is 154 g/mol. The summed E-state index contributed by atoms with van der Waals surface area (Å²) in [6.07, 6.45) is 1.88. The Hall–Kier alpha value is -1.08. The third-order valence-electron chi connectivity index (χ3n) is 2.02. The van der Waals surface area contributed by atoms with Crippen LogP contribution in [0.4, 0.5) is 0 Å². The first-order valence-corrected chi connectivity index (χ1v) is 3.49. The second-order valence-corrected chi connectivity index (χ2v) is 3.04. The van der Waals surface area contributed by atoms with E-state index in [1.165, 1.54) is 0 Å². The fourth-order valence-corrected chi connectivity index (χ4v) is 1.02. The molecule has 1 atom stereocenters. The summed E-state index contributed by atoms with van der Waals surface area (Å²) < 4.78 is 0. The van der Waals surface area contributed by atoms with Crippen molar-refractivity contribution in [3.05, 3.63) is 0 Å². The topological polar surface area (TPSA) is 87.1 Å². The summed E-state index contributed by atoms with van der Waals surface area (Å²) in [6.45, 7) is 0. The normalized spacial score (nSPS) is 21.8. The molecule has 0 aromatic heterocycles. The molecular weight excluding hydrogens is 144 g/mol. The standard InChI is InChI=1S/C7H10N2O2/c8-4-7(1-2-7)3-5(9)6(10)11/h5H,1-3,9H2,(H,10,11). The Kier molecular flexibility index (Phi) is 1.83. The van der Waals surface area contributed by atoms with E-state index in [1.807, 2.05) is 0 Å². The highest BCUT2D eigenvalue weighted by Crippen LogP contribution is 2.48. The summed E-state index contributed by atoms with van der Waals surface area (Å²) in [5.74, 6) is -1.02. The third kappa shape index (κ3) is 1.69. The minimum atomic E-state index is -1.02. The molecular formula is C7H10N2O2. The van der Waals surface area contributed by atoms with Gasteiger partial charge >= 0.3 is 5.97 Å². The van der Waals surface area contributed by atoms with E-state index in [0.29, 0.717) is 6.42 Å². The predicted octanol–water partition coefficient (Wildman–Crippen LogP) is 0.0922. The van der Waals surface area contributed by atoms with E-state index in [9.17, 15) is 4.79 Å². The first-order valence-electron chi connectivity index (χ1n) is 3.49. The smallest absolute Gasteiger partial charge is 0.320 e. The maximum Gasteiger partial charge on any atom is 0.320 e. The molecule has 0 aromatic carbocycles. The van der Waals surface area contributed by atoms with Gasteiger partial charge in [-0.3, -0.25) is 4.79 Å². The van der Waals surface area contributed by atoms with E-state index in [2.05, 4.69) is 6.07 Å². The Bertz CT molecular complexity index is 215. The average Bonchev–Trinajstić information content (AvgIpc) is 2.69. The molecule has 1 saturated carbocycles. The molecule has 3 N–H and O–H groups in total. The van der Waals surface area contributed by atoms with Gasteiger partial charge in [-0.25, -0.2) is 0 Å². The SMILES string of the molecule is N#CC1(CC(N)C(=O)O)CC1. The molecule has 1 rings (SSSR count). The zero-order valence-electron chi connectivity index (χ0n) is 6.08. The Labute approximate surface area is 64.6 Å². The van der Waals surface area contributed by atoms with Crippen LogP contribution in [0, 0.1) is 16.7 Å². The van der Waals surface area contributed by atoms with Gasteiger partial charge < -0.3 is 10.8 Å². The lowest BCUT2D eigenvalue weighted by atomic mass is 9.99. The molecule has 1 unspecified atom stereocenters. The van der Waals surface area contributed by atoms with Gasteiger partial charge in [-0.05, 0) is 19.3 Å². The number of nitrogens with zero attached hydrogens (tertiary/aromatic N) is 1. The lowest BCUT2D eigenvalue weighted by Crippen LogP contribution is -2.32. The fourth-order valence-electron chi connectivity index (χ4n) is 1.02. The van der Waals surface area contributed by atoms with Crippen molar-refractivity contribution < 1.29 is 9.90 Å². The molecule has 1 aliphatic rings. The van der Waals surface area contributed by atoms with E-state index in [1.54, 1.807) is 0 Å². The number of carboxylic acids is 1. The molecule has 0 radical (unpaired) electrons. The van der Waals surface area contributed by atoms with Crippen molar-refractivity contribution in [1.82, 2.24) is 0 Å². The monoisotopic (exact) mass is 154 g/mol. The largest absolute Gasteiger partial charge is 0.480 e. The molecule has 1 aliphatic carbocycles. The highest BCUT2D eigenvalue weighted by atomic mass is 16.4. The van der Waals surface area contributed by atoms with E-state index < -0.39 is 17.4 Å². The van der Waals surface area contributed by atoms with Crippen LogP contribution in [0.25, 0.3) is 0 Å². The van der Waals surface area contributed by atoms with Gasteiger partial charge in [0.1, 0.15) is 6.04 Å². The lowest BCUT2D eigenvalue weighted by molar-refractivity contribution is -0.138. The van der Waals surface area contributed by atoms with Crippen LogP contribution >= 0.6 is 0 Å². The number of nitriles is 1. The van der Waals surface area contributed by atoms with E-state index in [4.69, 9.17) is 16.1 Å². The summed E-state index contributed by atoms with van der Waals surface area (Å²) in [5, 5.41) is 17.0. The van der Waals surface area contributed by atoms with E-state index >= 15 is 0 Å². The second-order valence-electron chi connectivity index (χ2n) is 3.04. The van der Waals surface area contributed by atoms with Gasteiger partial charge in [0.25, 0.3) is 0 Å². The first-order chi connectivity index (χ1) is 5.09. The molecule has 60 valence electrons. The first kappa shape index (κ1) is 8.02. The molecule has 0 heterocycles. The lowest BCUT2D eigenvalue weighted by Gasteiger charge is -2.08. The molecule has 1 fully saturated rings. The Morgan fingerprint density at radius 3 is 2.64 bits per heavy atom. The van der Waals surface area contributed by atoms with Gasteiger partial charge in [0, 0.05) is 0 Å². The molecule has 0 saturated heterocycles. The maximum atomic E-state index is 10.3. The summed E-state index contributed by atoms with van der Waals surface area (Å²) in [7, 11) is 0. The quantitative estimate of drug-likeness (QED) is 0.603. The maximum absolute atomic E-state index is 10.3. The van der Waals surface area contributed by atoms with Crippen molar-refractivity contribution in [3.63, 3.8) is 0 Å². The zero-order valence-corrected chi connectivity index (χ0v) is 6.08. The number of aliphatic carboxylic acids is 1. The minimum Gasteiger partial charge on any atom is -0.480 e. The molecule has 4 nitrogen and oxygen atoms in total. The van der Waals surface area contributed by atoms with Crippen molar-refractivity contribution >= 4 is 5.97 Å². The van der Waals surface area contributed by atoms with Crippen molar-refractivity contribution in [2.24, 2.45) is 11.1 Å². The molecule has 0 spiro atoms. The van der Waals surface area contributed by atoms with Gasteiger partial charge in [0.2, 0.25) is 0 Å². The summed E-state index contributed by atoms with van der Waals surface area (Å²) in [4.78, 5) is 10.3. The molecule has 11 heavy (non-hydrogen) atoms. The summed E-state index contributed by atoms with van der Waals surface area (Å²) in [5.41, 5.74) is 4.86. The van der Waals surface area contributed by atoms with Crippen molar-refractivity contribution in [2.45, 2.75) is 25.3 Å².